The molecule has 0 spiro atoms. The van der Waals surface area contributed by atoms with Gasteiger partial charge in [0.05, 0.1) is 18.6 Å². The maximum atomic E-state index is 14.8. The molecule has 1 N–H and O–H groups in total. The van der Waals surface area contributed by atoms with Crippen molar-refractivity contribution in [2.45, 2.75) is 37.6 Å². The van der Waals surface area contributed by atoms with E-state index >= 15 is 0 Å². The lowest BCUT2D eigenvalue weighted by Crippen LogP contribution is -2.49. The van der Waals surface area contributed by atoms with Crippen LogP contribution >= 0.6 is 0 Å². The van der Waals surface area contributed by atoms with Gasteiger partial charge in [-0.1, -0.05) is 5.92 Å². The minimum absolute atomic E-state index is 0.258. The number of ether oxygens (including phenoxy) is 1. The van der Waals surface area contributed by atoms with Crippen molar-refractivity contribution in [1.29, 1.82) is 0 Å². The fourth-order valence-electron chi connectivity index (χ4n) is 3.13. The molecule has 0 unspecified atom stereocenters. The average Bonchev–Trinajstić information content (AvgIpc) is 3.52. The molecule has 0 radical (unpaired) electrons. The average molecular weight is 457 g/mol. The number of amides is 1. The zero-order chi connectivity index (χ0) is 23.3. The third kappa shape index (κ3) is 3.90. The Hall–Kier alpha value is -3.49. The molecule has 12 heteroatoms. The van der Waals surface area contributed by atoms with E-state index in [0.717, 1.165) is 17.0 Å². The molecule has 168 valence electrons. The Balaban J connectivity index is 1.78. The van der Waals surface area contributed by atoms with Crippen molar-refractivity contribution in [3.05, 3.63) is 57.5 Å². The number of carbonyl (C=O) groups excluding carboxylic acids is 1. The number of hydrogen-bond acceptors (Lipinski definition) is 4. The molecule has 1 atom stereocenters. The van der Waals surface area contributed by atoms with E-state index in [2.05, 4.69) is 21.0 Å². The summed E-state index contributed by atoms with van der Waals surface area (Å²) in [6, 6.07) is 2.02. The molecule has 2 heterocycles. The summed E-state index contributed by atoms with van der Waals surface area (Å²) in [7, 11) is 0. The van der Waals surface area contributed by atoms with Crippen molar-refractivity contribution in [2.24, 2.45) is 5.92 Å². The Bertz CT molecular complexity index is 1210. The fourth-order valence-corrected chi connectivity index (χ4v) is 3.13. The molecule has 1 aromatic heterocycles. The van der Waals surface area contributed by atoms with Gasteiger partial charge >= 0.3 is 12.3 Å². The number of halogens is 6. The third-order valence-electron chi connectivity index (χ3n) is 4.94. The van der Waals surface area contributed by atoms with Gasteiger partial charge in [-0.25, -0.2) is 22.9 Å². The molecule has 1 aliphatic carbocycles. The van der Waals surface area contributed by atoms with Crippen LogP contribution in [0.4, 0.5) is 36.8 Å². The van der Waals surface area contributed by atoms with Crippen LogP contribution in [0.5, 0.6) is 0 Å². The van der Waals surface area contributed by atoms with Gasteiger partial charge in [0.15, 0.2) is 0 Å². The largest absolute Gasteiger partial charge is 0.445 e. The molecular weight excluding hydrogens is 444 g/mol. The van der Waals surface area contributed by atoms with Crippen molar-refractivity contribution in [3.63, 3.8) is 0 Å². The zero-order valence-electron chi connectivity index (χ0n) is 16.0. The summed E-state index contributed by atoms with van der Waals surface area (Å²) in [5.41, 5.74) is -6.47. The second-order valence-corrected chi connectivity index (χ2v) is 7.31. The minimum atomic E-state index is -5.17. The lowest BCUT2D eigenvalue weighted by molar-refractivity contribution is -0.239. The molecule has 1 aromatic carbocycles. The molecule has 1 fully saturated rings. The Morgan fingerprint density at radius 3 is 2.56 bits per heavy atom. The SMILES string of the molecule is O=C1Nc2cc(Cn3cnc(C(F)F)cc3=O)c(F)cc2[C@@](C#CC2CC2)(C(F)(F)F)O1. The summed E-state index contributed by atoms with van der Waals surface area (Å²) in [6.45, 7) is -0.530. The summed E-state index contributed by atoms with van der Waals surface area (Å²) >= 11 is 0. The number of cyclic esters (lactones) is 1. The van der Waals surface area contributed by atoms with Crippen molar-refractivity contribution in [3.8, 4) is 11.8 Å². The van der Waals surface area contributed by atoms with E-state index in [-0.39, 0.29) is 11.5 Å². The number of benzene rings is 1. The second-order valence-electron chi connectivity index (χ2n) is 7.31. The summed E-state index contributed by atoms with van der Waals surface area (Å²) < 4.78 is 87.5. The van der Waals surface area contributed by atoms with Gasteiger partial charge in [0, 0.05) is 23.1 Å². The maximum absolute atomic E-state index is 14.8. The Labute approximate surface area is 176 Å². The number of aromatic nitrogens is 2. The van der Waals surface area contributed by atoms with Gasteiger partial charge in [-0.2, -0.15) is 13.2 Å². The van der Waals surface area contributed by atoms with Gasteiger partial charge in [0.2, 0.25) is 0 Å². The Morgan fingerprint density at radius 2 is 1.97 bits per heavy atom. The van der Waals surface area contributed by atoms with Crippen LogP contribution in [0.15, 0.2) is 29.3 Å². The highest BCUT2D eigenvalue weighted by molar-refractivity contribution is 5.90. The van der Waals surface area contributed by atoms with Crippen LogP contribution in [-0.4, -0.2) is 21.8 Å². The molecular formula is C20H13F6N3O3. The molecule has 4 rings (SSSR count). The van der Waals surface area contributed by atoms with Crippen molar-refractivity contribution < 1.29 is 35.9 Å². The van der Waals surface area contributed by atoms with Crippen LogP contribution in [-0.2, 0) is 16.9 Å². The summed E-state index contributed by atoms with van der Waals surface area (Å²) in [5.74, 6) is 3.00. The molecule has 1 amide bonds. The summed E-state index contributed by atoms with van der Waals surface area (Å²) in [6.07, 6.45) is -7.59. The van der Waals surface area contributed by atoms with E-state index in [1.807, 2.05) is 5.92 Å². The van der Waals surface area contributed by atoms with Crippen LogP contribution in [0.2, 0.25) is 0 Å². The smallest absolute Gasteiger partial charge is 0.415 e. The van der Waals surface area contributed by atoms with Gasteiger partial charge in [-0.3, -0.25) is 14.7 Å². The third-order valence-corrected chi connectivity index (χ3v) is 4.94. The lowest BCUT2D eigenvalue weighted by Gasteiger charge is -2.36. The van der Waals surface area contributed by atoms with Crippen LogP contribution in [0.1, 0.15) is 36.1 Å². The van der Waals surface area contributed by atoms with Crippen LogP contribution in [0.25, 0.3) is 0 Å². The van der Waals surface area contributed by atoms with E-state index in [1.54, 1.807) is 0 Å². The normalized spacial score (nSPS) is 20.2. The number of anilines is 1. The standard InChI is InChI=1S/C20H13F6N3O3/c21-13-6-12-14(5-11(13)8-29-9-27-15(17(22)23)7-16(29)30)28-18(31)32-19(12,20(24,25)26)4-3-10-1-2-10/h5-7,9-10,17H,1-2,8H2,(H,28,31)/t19-/m0/s1. The van der Waals surface area contributed by atoms with Crippen LogP contribution in [0.3, 0.4) is 0 Å². The van der Waals surface area contributed by atoms with Crippen LogP contribution < -0.4 is 10.9 Å². The van der Waals surface area contributed by atoms with Gasteiger partial charge < -0.3 is 4.74 Å². The van der Waals surface area contributed by atoms with Crippen LogP contribution in [0, 0.1) is 23.6 Å². The van der Waals surface area contributed by atoms with Crippen molar-refractivity contribution in [2.75, 3.05) is 5.32 Å². The monoisotopic (exact) mass is 457 g/mol. The molecule has 2 aliphatic rings. The van der Waals surface area contributed by atoms with Gasteiger partial charge in [0.25, 0.3) is 17.6 Å². The molecule has 2 aromatic rings. The molecule has 6 nitrogen and oxygen atoms in total. The van der Waals surface area contributed by atoms with E-state index in [1.165, 1.54) is 0 Å². The Kier molecular flexibility index (Phi) is 5.15. The highest BCUT2D eigenvalue weighted by atomic mass is 19.4. The molecule has 32 heavy (non-hydrogen) atoms. The number of fused-ring (bicyclic) bond motifs is 1. The lowest BCUT2D eigenvalue weighted by atomic mass is 9.89. The van der Waals surface area contributed by atoms with E-state index in [9.17, 15) is 35.9 Å². The topological polar surface area (TPSA) is 73.2 Å². The van der Waals surface area contributed by atoms with Crippen molar-refractivity contribution >= 4 is 11.8 Å². The quantitative estimate of drug-likeness (QED) is 0.557. The minimum Gasteiger partial charge on any atom is -0.415 e. The molecule has 1 saturated carbocycles. The first-order valence-corrected chi connectivity index (χ1v) is 9.27. The fraction of sp³-hybridized carbons (Fsp3) is 0.350. The first-order valence-electron chi connectivity index (χ1n) is 9.27. The second kappa shape index (κ2) is 7.58. The van der Waals surface area contributed by atoms with Crippen molar-refractivity contribution in [1.82, 2.24) is 9.55 Å². The summed E-state index contributed by atoms with van der Waals surface area (Å²) in [5, 5.41) is 2.08. The van der Waals surface area contributed by atoms with E-state index < -0.39 is 59.2 Å². The maximum Gasteiger partial charge on any atom is 0.445 e. The zero-order valence-corrected chi connectivity index (χ0v) is 16.0. The predicted molar refractivity (Wildman–Crippen MR) is 97.3 cm³/mol. The predicted octanol–water partition coefficient (Wildman–Crippen LogP) is 4.10. The van der Waals surface area contributed by atoms with Gasteiger partial charge in [-0.15, -0.1) is 0 Å². The number of alkyl halides is 5. The number of rotatable bonds is 3. The van der Waals surface area contributed by atoms with E-state index in [0.29, 0.717) is 25.0 Å². The highest BCUT2D eigenvalue weighted by Crippen LogP contribution is 2.48. The van der Waals surface area contributed by atoms with Gasteiger partial charge in [-0.05, 0) is 30.9 Å². The molecule has 0 saturated heterocycles. The Morgan fingerprint density at radius 1 is 1.25 bits per heavy atom. The number of nitrogens with one attached hydrogen (secondary N) is 1. The highest BCUT2D eigenvalue weighted by Gasteiger charge is 2.62. The van der Waals surface area contributed by atoms with E-state index in [4.69, 9.17) is 0 Å². The molecule has 0 bridgehead atoms. The number of nitrogens with zero attached hydrogens (tertiary/aromatic N) is 2. The number of hydrogen-bond donors (Lipinski definition) is 1. The molecule has 1 aliphatic heterocycles. The number of carbonyl (C=O) groups is 1. The first kappa shape index (κ1) is 21.7. The first-order chi connectivity index (χ1) is 15.0. The van der Waals surface area contributed by atoms with Gasteiger partial charge in [0.1, 0.15) is 11.5 Å². The summed E-state index contributed by atoms with van der Waals surface area (Å²) in [4.78, 5) is 27.3.